The van der Waals surface area contributed by atoms with Gasteiger partial charge in [-0.1, -0.05) is 109 Å². The second kappa shape index (κ2) is 11.2. The van der Waals surface area contributed by atoms with Crippen molar-refractivity contribution in [3.8, 4) is 21.7 Å². The van der Waals surface area contributed by atoms with E-state index in [9.17, 15) is 0 Å². The van der Waals surface area contributed by atoms with Crippen LogP contribution in [-0.2, 0) is 0 Å². The molecule has 0 saturated carbocycles. The molecule has 10 aromatic rings. The van der Waals surface area contributed by atoms with Crippen LogP contribution in [0, 0.1) is 0 Å². The van der Waals surface area contributed by atoms with Gasteiger partial charge in [0.1, 0.15) is 16.2 Å². The lowest BCUT2D eigenvalue weighted by Crippen LogP contribution is -2.09. The third-order valence-corrected chi connectivity index (χ3v) is 10.6. The van der Waals surface area contributed by atoms with Crippen LogP contribution in [0.3, 0.4) is 0 Å². The summed E-state index contributed by atoms with van der Waals surface area (Å²) in [6.45, 7) is 0. The number of nitrogens with zero attached hydrogens (tertiary/aromatic N) is 2. The van der Waals surface area contributed by atoms with E-state index in [2.05, 4.69) is 163 Å². The third-order valence-electron chi connectivity index (χ3n) is 9.45. The number of para-hydroxylation sites is 2. The SMILES string of the molecule is c1ccc(-c2nc3ccc4ccc5ccc(N(c6ccccc6)c6cccc(-c7ccc8oc9ccccc9c8c7)c6)cc5c4c3s2)cc1. The predicted octanol–water partition coefficient (Wildman–Crippen LogP) is 13.3. The topological polar surface area (TPSA) is 29.3 Å². The fraction of sp³-hybridized carbons (Fsp3) is 0. The van der Waals surface area contributed by atoms with E-state index in [1.165, 1.54) is 26.2 Å². The number of aromatic nitrogens is 1. The molecule has 0 aliphatic heterocycles. The maximum absolute atomic E-state index is 6.13. The highest BCUT2D eigenvalue weighted by atomic mass is 32.1. The Morgan fingerprint density at radius 2 is 1.12 bits per heavy atom. The highest BCUT2D eigenvalue weighted by Gasteiger charge is 2.17. The maximum Gasteiger partial charge on any atom is 0.135 e. The Labute approximate surface area is 286 Å². The van der Waals surface area contributed by atoms with Gasteiger partial charge in [0.15, 0.2) is 0 Å². The first-order valence-electron chi connectivity index (χ1n) is 16.5. The summed E-state index contributed by atoms with van der Waals surface area (Å²) < 4.78 is 7.34. The summed E-state index contributed by atoms with van der Waals surface area (Å²) in [4.78, 5) is 7.42. The molecule has 49 heavy (non-hydrogen) atoms. The van der Waals surface area contributed by atoms with Gasteiger partial charge >= 0.3 is 0 Å². The zero-order valence-electron chi connectivity index (χ0n) is 26.4. The van der Waals surface area contributed by atoms with Crippen LogP contribution < -0.4 is 4.90 Å². The fourth-order valence-corrected chi connectivity index (χ4v) is 8.25. The molecule has 0 saturated heterocycles. The molecular weight excluding hydrogens is 617 g/mol. The van der Waals surface area contributed by atoms with Crippen LogP contribution in [0.5, 0.6) is 0 Å². The molecule has 8 aromatic carbocycles. The quantitative estimate of drug-likeness (QED) is 0.175. The highest BCUT2D eigenvalue weighted by Crippen LogP contribution is 2.42. The summed E-state index contributed by atoms with van der Waals surface area (Å²) in [5.41, 5.74) is 9.59. The van der Waals surface area contributed by atoms with Gasteiger partial charge in [0, 0.05) is 38.8 Å². The summed E-state index contributed by atoms with van der Waals surface area (Å²) >= 11 is 1.77. The van der Waals surface area contributed by atoms with Gasteiger partial charge < -0.3 is 9.32 Å². The van der Waals surface area contributed by atoms with Crippen LogP contribution >= 0.6 is 11.3 Å². The smallest absolute Gasteiger partial charge is 0.135 e. The van der Waals surface area contributed by atoms with Crippen LogP contribution in [0.25, 0.3) is 75.4 Å². The molecule has 10 rings (SSSR count). The van der Waals surface area contributed by atoms with E-state index in [0.717, 1.165) is 66.2 Å². The van der Waals surface area contributed by atoms with Gasteiger partial charge in [-0.25, -0.2) is 4.98 Å². The Kier molecular flexibility index (Phi) is 6.36. The van der Waals surface area contributed by atoms with Crippen molar-refractivity contribution in [1.29, 1.82) is 0 Å². The molecule has 4 heteroatoms. The summed E-state index contributed by atoms with van der Waals surface area (Å²) in [7, 11) is 0. The molecule has 0 atom stereocenters. The van der Waals surface area contributed by atoms with Crippen LogP contribution in [0.1, 0.15) is 0 Å². The lowest BCUT2D eigenvalue weighted by atomic mass is 9.99. The van der Waals surface area contributed by atoms with E-state index in [1.54, 1.807) is 11.3 Å². The van der Waals surface area contributed by atoms with Gasteiger partial charge in [-0.05, 0) is 87.9 Å². The Morgan fingerprint density at radius 3 is 2.02 bits per heavy atom. The number of rotatable bonds is 5. The van der Waals surface area contributed by atoms with Crippen molar-refractivity contribution < 1.29 is 4.42 Å². The highest BCUT2D eigenvalue weighted by molar-refractivity contribution is 7.22. The van der Waals surface area contributed by atoms with Crippen LogP contribution in [-0.4, -0.2) is 4.98 Å². The fourth-order valence-electron chi connectivity index (χ4n) is 7.11. The minimum absolute atomic E-state index is 0.904. The standard InChI is InChI=1S/C45H28N2OS/c1-3-10-31(11-4-1)45-46-40-24-21-30-19-18-29-20-23-36(28-38(29)43(30)44(40)49-45)47(34-13-5-2-6-14-34)35-15-9-12-32(26-35)33-22-25-42-39(27-33)37-16-7-8-17-41(37)48-42/h1-28H. The molecule has 0 bridgehead atoms. The molecule has 0 fully saturated rings. The van der Waals surface area contributed by atoms with E-state index in [0.29, 0.717) is 0 Å². The minimum Gasteiger partial charge on any atom is -0.456 e. The molecule has 2 heterocycles. The van der Waals surface area contributed by atoms with Gasteiger partial charge in [0.2, 0.25) is 0 Å². The average molecular weight is 645 g/mol. The number of anilines is 3. The predicted molar refractivity (Wildman–Crippen MR) is 207 cm³/mol. The van der Waals surface area contributed by atoms with Crippen molar-refractivity contribution in [2.24, 2.45) is 0 Å². The van der Waals surface area contributed by atoms with Gasteiger partial charge in [-0.3, -0.25) is 0 Å². The largest absolute Gasteiger partial charge is 0.456 e. The first-order chi connectivity index (χ1) is 24.3. The number of fused-ring (bicyclic) bond motifs is 8. The Morgan fingerprint density at radius 1 is 0.449 bits per heavy atom. The van der Waals surface area contributed by atoms with E-state index < -0.39 is 0 Å². The number of hydrogen-bond donors (Lipinski definition) is 0. The summed E-state index contributed by atoms with van der Waals surface area (Å²) in [5.74, 6) is 0. The second-order valence-corrected chi connectivity index (χ2v) is 13.4. The zero-order valence-corrected chi connectivity index (χ0v) is 27.2. The van der Waals surface area contributed by atoms with Gasteiger partial charge in [-0.15, -0.1) is 11.3 Å². The molecule has 0 spiro atoms. The Bertz CT molecular complexity index is 2840. The van der Waals surface area contributed by atoms with Crippen molar-refractivity contribution in [3.63, 3.8) is 0 Å². The molecule has 0 amide bonds. The van der Waals surface area contributed by atoms with Crippen molar-refractivity contribution in [2.75, 3.05) is 4.90 Å². The number of furan rings is 1. The maximum atomic E-state index is 6.13. The molecule has 0 aliphatic rings. The van der Waals surface area contributed by atoms with E-state index in [1.807, 2.05) is 12.1 Å². The Balaban J connectivity index is 1.15. The van der Waals surface area contributed by atoms with Crippen molar-refractivity contribution in [2.45, 2.75) is 0 Å². The molecule has 0 aliphatic carbocycles. The summed E-state index contributed by atoms with van der Waals surface area (Å²) in [6.07, 6.45) is 0. The molecule has 3 nitrogen and oxygen atoms in total. The molecule has 0 radical (unpaired) electrons. The van der Waals surface area contributed by atoms with Gasteiger partial charge in [0.05, 0.1) is 10.2 Å². The Hall–Kier alpha value is -6.23. The number of benzene rings is 8. The van der Waals surface area contributed by atoms with E-state index >= 15 is 0 Å². The van der Waals surface area contributed by atoms with E-state index in [-0.39, 0.29) is 0 Å². The molecule has 0 N–H and O–H groups in total. The lowest BCUT2D eigenvalue weighted by Gasteiger charge is -2.26. The second-order valence-electron chi connectivity index (χ2n) is 12.4. The lowest BCUT2D eigenvalue weighted by molar-refractivity contribution is 0.669. The van der Waals surface area contributed by atoms with Gasteiger partial charge in [-0.2, -0.15) is 0 Å². The van der Waals surface area contributed by atoms with Crippen LogP contribution in [0.2, 0.25) is 0 Å². The van der Waals surface area contributed by atoms with Crippen molar-refractivity contribution >= 4 is 82.1 Å². The van der Waals surface area contributed by atoms with E-state index in [4.69, 9.17) is 9.40 Å². The van der Waals surface area contributed by atoms with Crippen molar-refractivity contribution in [3.05, 3.63) is 170 Å². The summed E-state index contributed by atoms with van der Waals surface area (Å²) in [6, 6.07) is 60.3. The first kappa shape index (κ1) is 27.8. The normalized spacial score (nSPS) is 11.7. The van der Waals surface area contributed by atoms with Crippen LogP contribution in [0.15, 0.2) is 174 Å². The monoisotopic (exact) mass is 644 g/mol. The van der Waals surface area contributed by atoms with Crippen molar-refractivity contribution in [1.82, 2.24) is 4.98 Å². The third kappa shape index (κ3) is 4.68. The molecule has 2 aromatic heterocycles. The zero-order chi connectivity index (χ0) is 32.3. The number of thiazole rings is 1. The minimum atomic E-state index is 0.904. The first-order valence-corrected chi connectivity index (χ1v) is 17.3. The number of hydrogen-bond acceptors (Lipinski definition) is 4. The van der Waals surface area contributed by atoms with Gasteiger partial charge in [0.25, 0.3) is 0 Å². The van der Waals surface area contributed by atoms with Crippen LogP contribution in [0.4, 0.5) is 17.1 Å². The average Bonchev–Trinajstić information content (AvgIpc) is 3.77. The molecule has 0 unspecified atom stereocenters. The molecule has 230 valence electrons. The molecular formula is C45H28N2OS. The summed E-state index contributed by atoms with van der Waals surface area (Å²) in [5, 5.41) is 8.20.